The highest BCUT2D eigenvalue weighted by atomic mass is 35.5. The first kappa shape index (κ1) is 15.1. The van der Waals surface area contributed by atoms with Gasteiger partial charge in [-0.3, -0.25) is 4.79 Å². The van der Waals surface area contributed by atoms with Crippen LogP contribution < -0.4 is 0 Å². The molecule has 0 saturated carbocycles. The summed E-state index contributed by atoms with van der Waals surface area (Å²) in [6, 6.07) is 11.7. The predicted molar refractivity (Wildman–Crippen MR) is 90.5 cm³/mol. The number of halogens is 2. The lowest BCUT2D eigenvalue weighted by Gasteiger charge is -2.25. The zero-order chi connectivity index (χ0) is 16.7. The summed E-state index contributed by atoms with van der Waals surface area (Å²) in [5.74, 6) is -0.415. The second kappa shape index (κ2) is 5.91. The van der Waals surface area contributed by atoms with Crippen molar-refractivity contribution in [1.29, 1.82) is 0 Å². The van der Waals surface area contributed by atoms with E-state index in [0.717, 1.165) is 18.2 Å². The number of carbonyl (C=O) groups excluding carboxylic acids is 1. The van der Waals surface area contributed by atoms with Gasteiger partial charge in [-0.25, -0.2) is 9.37 Å². The largest absolute Gasteiger partial charge is 0.335 e. The fourth-order valence-corrected chi connectivity index (χ4v) is 3.48. The first-order valence-corrected chi connectivity index (χ1v) is 8.22. The van der Waals surface area contributed by atoms with Crippen LogP contribution in [-0.4, -0.2) is 27.3 Å². The predicted octanol–water partition coefficient (Wildman–Crippen LogP) is 4.33. The van der Waals surface area contributed by atoms with E-state index in [0.29, 0.717) is 28.6 Å². The Labute approximate surface area is 143 Å². The number of likely N-dealkylation sites (tertiary alicyclic amines) is 1. The maximum absolute atomic E-state index is 14.1. The minimum Gasteiger partial charge on any atom is -0.335 e. The van der Waals surface area contributed by atoms with E-state index >= 15 is 0 Å². The molecule has 0 aliphatic carbocycles. The van der Waals surface area contributed by atoms with E-state index < -0.39 is 0 Å². The Balaban J connectivity index is 1.68. The average Bonchev–Trinajstić information content (AvgIpc) is 3.20. The Morgan fingerprint density at radius 1 is 1.29 bits per heavy atom. The highest BCUT2D eigenvalue weighted by Crippen LogP contribution is 2.34. The number of rotatable bonds is 2. The first-order valence-electron chi connectivity index (χ1n) is 7.84. The van der Waals surface area contributed by atoms with Crippen LogP contribution in [0.1, 0.15) is 34.9 Å². The van der Waals surface area contributed by atoms with Crippen LogP contribution in [0.25, 0.3) is 11.0 Å². The standard InChI is InChI=1S/C18H15ClFN3O/c19-16-8-7-11-10-14(21-17(11)22-16)18(24)23-9-3-6-15(23)12-4-1-2-5-13(12)20/h1-2,4-5,7-8,10,15H,3,6,9H2,(H,21,22)/t15-/m0/s1. The smallest absolute Gasteiger partial charge is 0.270 e. The van der Waals surface area contributed by atoms with Gasteiger partial charge >= 0.3 is 0 Å². The highest BCUT2D eigenvalue weighted by Gasteiger charge is 2.32. The molecule has 2 aromatic heterocycles. The van der Waals surface area contributed by atoms with Crippen LogP contribution in [0.2, 0.25) is 5.15 Å². The SMILES string of the molecule is O=C(c1cc2ccc(Cl)nc2[nH]1)N1CCC[C@H]1c1ccccc1F. The zero-order valence-corrected chi connectivity index (χ0v) is 13.6. The van der Waals surface area contributed by atoms with Gasteiger partial charge in [-0.2, -0.15) is 0 Å². The van der Waals surface area contributed by atoms with Crippen LogP contribution >= 0.6 is 11.6 Å². The molecular weight excluding hydrogens is 329 g/mol. The summed E-state index contributed by atoms with van der Waals surface area (Å²) < 4.78 is 14.1. The molecule has 1 atom stereocenters. The van der Waals surface area contributed by atoms with Gasteiger partial charge in [-0.05, 0) is 37.1 Å². The normalized spacial score (nSPS) is 17.6. The van der Waals surface area contributed by atoms with Gasteiger partial charge in [0.15, 0.2) is 0 Å². The van der Waals surface area contributed by atoms with Crippen molar-refractivity contribution in [2.75, 3.05) is 6.54 Å². The second-order valence-corrected chi connectivity index (χ2v) is 6.32. The number of aromatic amines is 1. The Morgan fingerprint density at radius 3 is 2.96 bits per heavy atom. The van der Waals surface area contributed by atoms with E-state index in [2.05, 4.69) is 9.97 Å². The van der Waals surface area contributed by atoms with E-state index in [-0.39, 0.29) is 17.8 Å². The molecule has 4 rings (SSSR count). The summed E-state index contributed by atoms with van der Waals surface area (Å²) in [5.41, 5.74) is 1.59. The lowest BCUT2D eigenvalue weighted by Crippen LogP contribution is -2.31. The molecule has 24 heavy (non-hydrogen) atoms. The first-order chi connectivity index (χ1) is 11.6. The topological polar surface area (TPSA) is 49.0 Å². The van der Waals surface area contributed by atoms with Crippen LogP contribution in [0.4, 0.5) is 4.39 Å². The van der Waals surface area contributed by atoms with Crippen molar-refractivity contribution in [2.45, 2.75) is 18.9 Å². The summed E-state index contributed by atoms with van der Waals surface area (Å²) in [6.45, 7) is 0.612. The van der Waals surface area contributed by atoms with E-state index in [1.54, 1.807) is 35.2 Å². The quantitative estimate of drug-likeness (QED) is 0.704. The van der Waals surface area contributed by atoms with Gasteiger partial charge in [0.25, 0.3) is 5.91 Å². The summed E-state index contributed by atoms with van der Waals surface area (Å²) in [5, 5.41) is 1.19. The molecule has 1 amide bonds. The summed E-state index contributed by atoms with van der Waals surface area (Å²) in [4.78, 5) is 21.8. The third kappa shape index (κ3) is 2.55. The lowest BCUT2D eigenvalue weighted by molar-refractivity contribution is 0.0728. The lowest BCUT2D eigenvalue weighted by atomic mass is 10.0. The van der Waals surface area contributed by atoms with Crippen LogP contribution in [0, 0.1) is 5.82 Å². The van der Waals surface area contributed by atoms with Gasteiger partial charge in [0.05, 0.1) is 6.04 Å². The number of H-pyrrole nitrogens is 1. The molecule has 1 aromatic carbocycles. The molecule has 1 aliphatic rings. The maximum Gasteiger partial charge on any atom is 0.270 e. The molecule has 0 radical (unpaired) electrons. The fraction of sp³-hybridized carbons (Fsp3) is 0.222. The summed E-state index contributed by atoms with van der Waals surface area (Å²) in [6.07, 6.45) is 1.62. The van der Waals surface area contributed by atoms with Crippen molar-refractivity contribution in [3.05, 3.63) is 64.7 Å². The average molecular weight is 344 g/mol. The minimum absolute atomic E-state index is 0.144. The monoisotopic (exact) mass is 343 g/mol. The van der Waals surface area contributed by atoms with E-state index in [4.69, 9.17) is 11.6 Å². The van der Waals surface area contributed by atoms with Crippen molar-refractivity contribution in [3.63, 3.8) is 0 Å². The highest BCUT2D eigenvalue weighted by molar-refractivity contribution is 6.29. The molecule has 3 aromatic rings. The number of pyridine rings is 1. The minimum atomic E-state index is -0.271. The molecule has 0 unspecified atom stereocenters. The zero-order valence-electron chi connectivity index (χ0n) is 12.8. The molecule has 1 aliphatic heterocycles. The molecular formula is C18H15ClFN3O. The van der Waals surface area contributed by atoms with Crippen LogP contribution in [0.3, 0.4) is 0 Å². The number of amides is 1. The van der Waals surface area contributed by atoms with Crippen molar-refractivity contribution in [2.24, 2.45) is 0 Å². The second-order valence-electron chi connectivity index (χ2n) is 5.93. The van der Waals surface area contributed by atoms with Gasteiger partial charge in [0.2, 0.25) is 0 Å². The molecule has 3 heterocycles. The van der Waals surface area contributed by atoms with E-state index in [1.165, 1.54) is 6.07 Å². The third-order valence-corrected chi connectivity index (χ3v) is 4.66. The van der Waals surface area contributed by atoms with Gasteiger partial charge in [-0.15, -0.1) is 0 Å². The van der Waals surface area contributed by atoms with Crippen molar-refractivity contribution >= 4 is 28.5 Å². The maximum atomic E-state index is 14.1. The van der Waals surface area contributed by atoms with E-state index in [1.807, 2.05) is 6.07 Å². The molecule has 1 saturated heterocycles. The number of benzene rings is 1. The van der Waals surface area contributed by atoms with E-state index in [9.17, 15) is 9.18 Å². The van der Waals surface area contributed by atoms with Gasteiger partial charge in [-0.1, -0.05) is 29.8 Å². The van der Waals surface area contributed by atoms with Crippen molar-refractivity contribution < 1.29 is 9.18 Å². The molecule has 1 N–H and O–H groups in total. The fourth-order valence-electron chi connectivity index (χ4n) is 3.33. The third-order valence-electron chi connectivity index (χ3n) is 4.45. The van der Waals surface area contributed by atoms with Crippen molar-refractivity contribution in [3.8, 4) is 0 Å². The molecule has 0 bridgehead atoms. The number of hydrogen-bond acceptors (Lipinski definition) is 2. The number of hydrogen-bond donors (Lipinski definition) is 1. The number of fused-ring (bicyclic) bond motifs is 1. The Morgan fingerprint density at radius 2 is 2.12 bits per heavy atom. The molecule has 6 heteroatoms. The Hall–Kier alpha value is -2.40. The van der Waals surface area contributed by atoms with Crippen LogP contribution in [-0.2, 0) is 0 Å². The van der Waals surface area contributed by atoms with Gasteiger partial charge < -0.3 is 9.88 Å². The Bertz CT molecular complexity index is 924. The van der Waals surface area contributed by atoms with Crippen LogP contribution in [0.15, 0.2) is 42.5 Å². The molecule has 0 spiro atoms. The molecule has 1 fully saturated rings. The molecule has 4 nitrogen and oxygen atoms in total. The molecule has 122 valence electrons. The number of carbonyl (C=O) groups is 1. The summed E-state index contributed by atoms with van der Waals surface area (Å²) in [7, 11) is 0. The van der Waals surface area contributed by atoms with Crippen molar-refractivity contribution in [1.82, 2.24) is 14.9 Å². The van der Waals surface area contributed by atoms with Gasteiger partial charge in [0.1, 0.15) is 22.3 Å². The van der Waals surface area contributed by atoms with Gasteiger partial charge in [0, 0.05) is 17.5 Å². The number of nitrogens with one attached hydrogen (secondary N) is 1. The number of aromatic nitrogens is 2. The Kier molecular flexibility index (Phi) is 3.73. The van der Waals surface area contributed by atoms with Crippen LogP contribution in [0.5, 0.6) is 0 Å². The number of nitrogens with zero attached hydrogens (tertiary/aromatic N) is 2. The summed E-state index contributed by atoms with van der Waals surface area (Å²) >= 11 is 5.89.